The number of nitrogens with one attached hydrogen (secondary N) is 1. The molecule has 1 aliphatic carbocycles. The van der Waals surface area contributed by atoms with Crippen LogP contribution in [-0.4, -0.2) is 33.7 Å². The number of amides is 1. The monoisotopic (exact) mass is 350 g/mol. The zero-order valence-corrected chi connectivity index (χ0v) is 15.4. The molecule has 132 valence electrons. The summed E-state index contributed by atoms with van der Waals surface area (Å²) in [5, 5.41) is 2.84. The molecule has 0 aliphatic heterocycles. The van der Waals surface area contributed by atoms with Crippen molar-refractivity contribution in [3.63, 3.8) is 0 Å². The van der Waals surface area contributed by atoms with Gasteiger partial charge in [0.1, 0.15) is 6.54 Å². The molecule has 5 nitrogen and oxygen atoms in total. The van der Waals surface area contributed by atoms with Crippen LogP contribution in [0.5, 0.6) is 0 Å². The summed E-state index contributed by atoms with van der Waals surface area (Å²) in [6.45, 7) is 4.12. The van der Waals surface area contributed by atoms with Crippen molar-refractivity contribution in [3.05, 3.63) is 41.0 Å². The number of hydrogen-bond donors (Lipinski definition) is 1. The smallest absolute Gasteiger partial charge is 0.241 e. The van der Waals surface area contributed by atoms with Crippen molar-refractivity contribution < 1.29 is 13.2 Å². The van der Waals surface area contributed by atoms with Gasteiger partial charge in [-0.3, -0.25) is 9.10 Å². The number of carbonyl (C=O) groups excluding carboxylic acids is 1. The maximum Gasteiger partial charge on any atom is 0.241 e. The van der Waals surface area contributed by atoms with Crippen molar-refractivity contribution in [2.75, 3.05) is 23.7 Å². The van der Waals surface area contributed by atoms with E-state index in [1.165, 1.54) is 12.0 Å². The lowest BCUT2D eigenvalue weighted by Gasteiger charge is -2.23. The predicted octanol–water partition coefficient (Wildman–Crippen LogP) is 2.69. The van der Waals surface area contributed by atoms with Crippen LogP contribution in [-0.2, 0) is 14.8 Å². The molecular weight excluding hydrogens is 324 g/mol. The first kappa shape index (κ1) is 18.5. The standard InChI is InChI=1S/C18H26N2O3S/c1-14-9-15(2)11-17(10-14)20(24(3,22)23)13-18(21)19-12-16-7-5-4-6-8-16/h7,9-11H,4-6,8,12-13H2,1-3H3,(H,19,21). The molecule has 0 fully saturated rings. The number of nitrogens with zero attached hydrogens (tertiary/aromatic N) is 1. The molecule has 0 heterocycles. The van der Waals surface area contributed by atoms with Crippen LogP contribution >= 0.6 is 0 Å². The summed E-state index contributed by atoms with van der Waals surface area (Å²) < 4.78 is 25.4. The minimum absolute atomic E-state index is 0.199. The zero-order chi connectivity index (χ0) is 17.7. The highest BCUT2D eigenvalue weighted by Gasteiger charge is 2.21. The molecule has 1 aromatic carbocycles. The minimum Gasteiger partial charge on any atom is -0.351 e. The minimum atomic E-state index is -3.53. The van der Waals surface area contributed by atoms with E-state index < -0.39 is 10.0 Å². The molecule has 0 spiro atoms. The Morgan fingerprint density at radius 3 is 2.38 bits per heavy atom. The molecule has 6 heteroatoms. The van der Waals surface area contributed by atoms with Gasteiger partial charge in [-0.1, -0.05) is 17.7 Å². The Labute approximate surface area is 144 Å². The van der Waals surface area contributed by atoms with Crippen LogP contribution in [0, 0.1) is 13.8 Å². The number of allylic oxidation sites excluding steroid dienone is 1. The molecule has 0 radical (unpaired) electrons. The Morgan fingerprint density at radius 1 is 1.17 bits per heavy atom. The Balaban J connectivity index is 2.08. The molecule has 0 saturated carbocycles. The van der Waals surface area contributed by atoms with Gasteiger partial charge in [0.25, 0.3) is 0 Å². The largest absolute Gasteiger partial charge is 0.351 e. The molecule has 1 aliphatic rings. The van der Waals surface area contributed by atoms with E-state index in [9.17, 15) is 13.2 Å². The van der Waals surface area contributed by atoms with Gasteiger partial charge < -0.3 is 5.32 Å². The zero-order valence-electron chi connectivity index (χ0n) is 14.6. The molecule has 0 unspecified atom stereocenters. The Morgan fingerprint density at radius 2 is 1.83 bits per heavy atom. The third-order valence-electron chi connectivity index (χ3n) is 4.08. The number of anilines is 1. The summed E-state index contributed by atoms with van der Waals surface area (Å²) in [4.78, 5) is 12.2. The number of sulfonamides is 1. The normalized spacial score (nSPS) is 14.9. The molecule has 0 saturated heterocycles. The second kappa shape index (κ2) is 7.83. The van der Waals surface area contributed by atoms with E-state index in [1.54, 1.807) is 12.1 Å². The van der Waals surface area contributed by atoms with Crippen LogP contribution in [0.4, 0.5) is 5.69 Å². The van der Waals surface area contributed by atoms with E-state index in [0.717, 1.165) is 41.0 Å². The summed E-state index contributed by atoms with van der Waals surface area (Å²) in [5.41, 5.74) is 3.69. The van der Waals surface area contributed by atoms with E-state index in [2.05, 4.69) is 11.4 Å². The van der Waals surface area contributed by atoms with Gasteiger partial charge in [-0.2, -0.15) is 0 Å². The summed E-state index contributed by atoms with van der Waals surface area (Å²) >= 11 is 0. The average molecular weight is 350 g/mol. The third-order valence-corrected chi connectivity index (χ3v) is 5.22. The lowest BCUT2D eigenvalue weighted by Crippen LogP contribution is -2.41. The fourth-order valence-corrected chi connectivity index (χ4v) is 3.80. The van der Waals surface area contributed by atoms with Crippen LogP contribution in [0.1, 0.15) is 36.8 Å². The number of aryl methyl sites for hydroxylation is 2. The van der Waals surface area contributed by atoms with Crippen LogP contribution in [0.2, 0.25) is 0 Å². The van der Waals surface area contributed by atoms with Crippen LogP contribution in [0.15, 0.2) is 29.8 Å². The van der Waals surface area contributed by atoms with Gasteiger partial charge in [-0.25, -0.2) is 8.42 Å². The Bertz CT molecular complexity index is 718. The van der Waals surface area contributed by atoms with Gasteiger partial charge in [-0.15, -0.1) is 0 Å². The molecule has 2 rings (SSSR count). The second-order valence-corrected chi connectivity index (χ2v) is 8.41. The van der Waals surface area contributed by atoms with Crippen molar-refractivity contribution in [2.24, 2.45) is 0 Å². The van der Waals surface area contributed by atoms with E-state index in [1.807, 2.05) is 19.9 Å². The number of rotatable bonds is 6. The Kier molecular flexibility index (Phi) is 6.04. The van der Waals surface area contributed by atoms with E-state index in [0.29, 0.717) is 12.2 Å². The molecule has 0 bridgehead atoms. The molecule has 1 amide bonds. The molecule has 1 N–H and O–H groups in total. The van der Waals surface area contributed by atoms with Crippen LogP contribution < -0.4 is 9.62 Å². The van der Waals surface area contributed by atoms with Crippen molar-refractivity contribution in [1.82, 2.24) is 5.32 Å². The SMILES string of the molecule is Cc1cc(C)cc(N(CC(=O)NCC2=CCCCC2)S(C)(=O)=O)c1. The first-order valence-electron chi connectivity index (χ1n) is 8.26. The lowest BCUT2D eigenvalue weighted by molar-refractivity contribution is -0.119. The van der Waals surface area contributed by atoms with Gasteiger partial charge in [0, 0.05) is 6.54 Å². The Hall–Kier alpha value is -1.82. The molecule has 0 atom stereocenters. The summed E-state index contributed by atoms with van der Waals surface area (Å²) in [6.07, 6.45) is 7.71. The molecule has 1 aromatic rings. The number of benzene rings is 1. The van der Waals surface area contributed by atoms with Crippen molar-refractivity contribution in [2.45, 2.75) is 39.5 Å². The number of hydrogen-bond acceptors (Lipinski definition) is 3. The average Bonchev–Trinajstić information content (AvgIpc) is 2.49. The molecule has 0 aromatic heterocycles. The highest BCUT2D eigenvalue weighted by molar-refractivity contribution is 7.92. The highest BCUT2D eigenvalue weighted by Crippen LogP contribution is 2.21. The number of carbonyl (C=O) groups is 1. The first-order chi connectivity index (χ1) is 11.3. The summed E-state index contributed by atoms with van der Waals surface area (Å²) in [6, 6.07) is 5.54. The topological polar surface area (TPSA) is 66.5 Å². The highest BCUT2D eigenvalue weighted by atomic mass is 32.2. The van der Waals surface area contributed by atoms with Crippen molar-refractivity contribution in [3.8, 4) is 0 Å². The van der Waals surface area contributed by atoms with Crippen molar-refractivity contribution in [1.29, 1.82) is 0 Å². The lowest BCUT2D eigenvalue weighted by atomic mass is 10.00. The van der Waals surface area contributed by atoms with Gasteiger partial charge in [0.05, 0.1) is 11.9 Å². The predicted molar refractivity (Wildman–Crippen MR) is 97.7 cm³/mol. The van der Waals surface area contributed by atoms with Gasteiger partial charge in [0.15, 0.2) is 0 Å². The maximum atomic E-state index is 12.2. The fraction of sp³-hybridized carbons (Fsp3) is 0.500. The van der Waals surface area contributed by atoms with Crippen LogP contribution in [0.25, 0.3) is 0 Å². The van der Waals surface area contributed by atoms with E-state index >= 15 is 0 Å². The molecular formula is C18H26N2O3S. The third kappa shape index (κ3) is 5.37. The van der Waals surface area contributed by atoms with E-state index in [4.69, 9.17) is 0 Å². The summed E-state index contributed by atoms with van der Waals surface area (Å²) in [5.74, 6) is -0.286. The fourth-order valence-electron chi connectivity index (χ4n) is 2.96. The molecule has 24 heavy (non-hydrogen) atoms. The second-order valence-electron chi connectivity index (χ2n) is 6.50. The van der Waals surface area contributed by atoms with Gasteiger partial charge >= 0.3 is 0 Å². The summed E-state index contributed by atoms with van der Waals surface area (Å²) in [7, 11) is -3.53. The van der Waals surface area contributed by atoms with Gasteiger partial charge in [0.2, 0.25) is 15.9 Å². The van der Waals surface area contributed by atoms with Crippen LogP contribution in [0.3, 0.4) is 0 Å². The maximum absolute atomic E-state index is 12.2. The van der Waals surface area contributed by atoms with Crippen molar-refractivity contribution >= 4 is 21.6 Å². The van der Waals surface area contributed by atoms with E-state index in [-0.39, 0.29) is 12.5 Å². The quantitative estimate of drug-likeness (QED) is 0.802. The first-order valence-corrected chi connectivity index (χ1v) is 10.1. The van der Waals surface area contributed by atoms with Gasteiger partial charge in [-0.05, 0) is 62.8 Å².